The number of rotatable bonds is 7. The molecule has 0 aromatic heterocycles. The van der Waals surface area contributed by atoms with Crippen LogP contribution in [0.3, 0.4) is 0 Å². The number of hydrogen-bond acceptors (Lipinski definition) is 5. The molecular formula is C31H34ClN3O4. The van der Waals surface area contributed by atoms with Gasteiger partial charge < -0.3 is 24.6 Å². The summed E-state index contributed by atoms with van der Waals surface area (Å²) in [5.74, 6) is 1.34. The van der Waals surface area contributed by atoms with Crippen LogP contribution in [-0.4, -0.2) is 49.6 Å². The topological polar surface area (TPSA) is 71.1 Å². The predicted molar refractivity (Wildman–Crippen MR) is 153 cm³/mol. The quantitative estimate of drug-likeness (QED) is 0.434. The first kappa shape index (κ1) is 27.0. The maximum Gasteiger partial charge on any atom is 0.237 e. The van der Waals surface area contributed by atoms with Gasteiger partial charge in [-0.25, -0.2) is 0 Å². The van der Waals surface area contributed by atoms with E-state index in [0.717, 1.165) is 34.5 Å². The second kappa shape index (κ2) is 11.3. The van der Waals surface area contributed by atoms with Gasteiger partial charge >= 0.3 is 0 Å². The molecule has 39 heavy (non-hydrogen) atoms. The number of halogens is 1. The molecule has 3 aromatic rings. The Hall–Kier alpha value is -3.55. The minimum atomic E-state index is -0.378. The Labute approximate surface area is 234 Å². The van der Waals surface area contributed by atoms with Gasteiger partial charge in [0.15, 0.2) is 11.5 Å². The van der Waals surface area contributed by atoms with Crippen LogP contribution in [0, 0.1) is 0 Å². The van der Waals surface area contributed by atoms with Crippen LogP contribution in [-0.2, 0) is 16.0 Å². The molecular weight excluding hydrogens is 514 g/mol. The summed E-state index contributed by atoms with van der Waals surface area (Å²) >= 11 is 6.23. The first-order chi connectivity index (χ1) is 18.8. The van der Waals surface area contributed by atoms with E-state index in [1.54, 1.807) is 7.11 Å². The molecule has 3 aromatic carbocycles. The fourth-order valence-electron chi connectivity index (χ4n) is 5.45. The number of fused-ring (bicyclic) bond motifs is 1. The lowest BCUT2D eigenvalue weighted by atomic mass is 9.86. The summed E-state index contributed by atoms with van der Waals surface area (Å²) in [6, 6.07) is 19.1. The Morgan fingerprint density at radius 3 is 2.31 bits per heavy atom. The maximum atomic E-state index is 13.7. The summed E-state index contributed by atoms with van der Waals surface area (Å²) < 4.78 is 11.7. The van der Waals surface area contributed by atoms with Crippen molar-refractivity contribution >= 4 is 29.1 Å². The lowest BCUT2D eigenvalue weighted by molar-refractivity contribution is -0.134. The number of amides is 2. The van der Waals surface area contributed by atoms with E-state index in [1.165, 1.54) is 0 Å². The van der Waals surface area contributed by atoms with Gasteiger partial charge in [-0.05, 0) is 79.4 Å². The molecule has 0 aliphatic carbocycles. The van der Waals surface area contributed by atoms with Crippen molar-refractivity contribution in [3.63, 3.8) is 0 Å². The third kappa shape index (κ3) is 5.47. The van der Waals surface area contributed by atoms with Gasteiger partial charge in [0.05, 0.1) is 38.3 Å². The SMILES string of the molecule is COc1cc2c(cc1OC(C)C)C(c1ccc(Cl)cc1)N(c1ccc(C(C)N3CCNCC3=O)cc1)C(=O)C2. The molecule has 8 heteroatoms. The highest BCUT2D eigenvalue weighted by Gasteiger charge is 2.36. The van der Waals surface area contributed by atoms with Gasteiger partial charge in [0, 0.05) is 23.8 Å². The number of methoxy groups -OCH3 is 1. The first-order valence-electron chi connectivity index (χ1n) is 13.3. The Morgan fingerprint density at radius 2 is 1.67 bits per heavy atom. The van der Waals surface area contributed by atoms with Crippen molar-refractivity contribution in [3.05, 3.63) is 87.9 Å². The Balaban J connectivity index is 1.56. The van der Waals surface area contributed by atoms with E-state index in [9.17, 15) is 9.59 Å². The van der Waals surface area contributed by atoms with Crippen LogP contribution in [0.5, 0.6) is 11.5 Å². The molecule has 204 valence electrons. The highest BCUT2D eigenvalue weighted by Crippen LogP contribution is 2.44. The monoisotopic (exact) mass is 547 g/mol. The van der Waals surface area contributed by atoms with Gasteiger partial charge in [-0.15, -0.1) is 0 Å². The summed E-state index contributed by atoms with van der Waals surface area (Å²) in [4.78, 5) is 29.9. The first-order valence-corrected chi connectivity index (χ1v) is 13.7. The van der Waals surface area contributed by atoms with Crippen LogP contribution in [0.4, 0.5) is 5.69 Å². The third-order valence-corrected chi connectivity index (χ3v) is 7.64. The summed E-state index contributed by atoms with van der Waals surface area (Å²) in [6.07, 6.45) is 0.204. The van der Waals surface area contributed by atoms with Gasteiger partial charge in [-0.2, -0.15) is 0 Å². The van der Waals surface area contributed by atoms with Crippen molar-refractivity contribution in [2.75, 3.05) is 31.6 Å². The smallest absolute Gasteiger partial charge is 0.237 e. The molecule has 5 rings (SSSR count). The lowest BCUT2D eigenvalue weighted by Gasteiger charge is -2.38. The lowest BCUT2D eigenvalue weighted by Crippen LogP contribution is -2.48. The van der Waals surface area contributed by atoms with Gasteiger partial charge in [0.1, 0.15) is 0 Å². The van der Waals surface area contributed by atoms with Gasteiger partial charge in [-0.1, -0.05) is 35.9 Å². The molecule has 2 heterocycles. The summed E-state index contributed by atoms with van der Waals surface area (Å²) in [7, 11) is 1.61. The maximum absolute atomic E-state index is 13.7. The second-order valence-electron chi connectivity index (χ2n) is 10.3. The van der Waals surface area contributed by atoms with E-state index in [1.807, 2.05) is 91.2 Å². The van der Waals surface area contributed by atoms with Crippen molar-refractivity contribution in [1.82, 2.24) is 10.2 Å². The fraction of sp³-hybridized carbons (Fsp3) is 0.355. The molecule has 2 aliphatic rings. The van der Waals surface area contributed by atoms with Crippen molar-refractivity contribution in [2.24, 2.45) is 0 Å². The molecule has 2 atom stereocenters. The zero-order chi connectivity index (χ0) is 27.7. The van der Waals surface area contributed by atoms with Crippen LogP contribution < -0.4 is 19.7 Å². The van der Waals surface area contributed by atoms with Crippen LogP contribution in [0.15, 0.2) is 60.7 Å². The van der Waals surface area contributed by atoms with Crippen molar-refractivity contribution in [3.8, 4) is 11.5 Å². The minimum Gasteiger partial charge on any atom is -0.493 e. The van der Waals surface area contributed by atoms with Gasteiger partial charge in [0.2, 0.25) is 11.8 Å². The van der Waals surface area contributed by atoms with E-state index >= 15 is 0 Å². The standard InChI is InChI=1S/C31H34ClN3O4/c1-19(2)39-28-17-26-23(15-27(28)38-4)16-29(36)35(31(26)22-5-9-24(32)10-6-22)25-11-7-21(8-12-25)20(3)34-14-13-33-18-30(34)37/h5-12,15,17,19-20,31,33H,13-14,16,18H2,1-4H3. The summed E-state index contributed by atoms with van der Waals surface area (Å²) in [5, 5.41) is 3.75. The van der Waals surface area contributed by atoms with Crippen molar-refractivity contribution < 1.29 is 19.1 Å². The summed E-state index contributed by atoms with van der Waals surface area (Å²) in [5.41, 5.74) is 4.65. The number of benzene rings is 3. The second-order valence-corrected chi connectivity index (χ2v) is 10.7. The van der Waals surface area contributed by atoms with E-state index in [4.69, 9.17) is 21.1 Å². The Morgan fingerprint density at radius 1 is 0.949 bits per heavy atom. The van der Waals surface area contributed by atoms with E-state index < -0.39 is 0 Å². The molecule has 7 nitrogen and oxygen atoms in total. The fourth-order valence-corrected chi connectivity index (χ4v) is 5.58. The van der Waals surface area contributed by atoms with Gasteiger partial charge in [-0.3, -0.25) is 9.59 Å². The molecule has 2 amide bonds. The van der Waals surface area contributed by atoms with Gasteiger partial charge in [0.25, 0.3) is 0 Å². The third-order valence-electron chi connectivity index (χ3n) is 7.38. The van der Waals surface area contributed by atoms with Crippen LogP contribution in [0.1, 0.15) is 55.1 Å². The zero-order valence-corrected chi connectivity index (χ0v) is 23.5. The average Bonchev–Trinajstić information content (AvgIpc) is 2.92. The van der Waals surface area contributed by atoms with Crippen molar-refractivity contribution in [1.29, 1.82) is 0 Å². The van der Waals surface area contributed by atoms with Crippen LogP contribution in [0.25, 0.3) is 0 Å². The average molecular weight is 548 g/mol. The minimum absolute atomic E-state index is 0.0138. The zero-order valence-electron chi connectivity index (χ0n) is 22.7. The van der Waals surface area contributed by atoms with E-state index in [2.05, 4.69) is 5.32 Å². The highest BCUT2D eigenvalue weighted by molar-refractivity contribution is 6.30. The van der Waals surface area contributed by atoms with E-state index in [-0.39, 0.29) is 36.4 Å². The predicted octanol–water partition coefficient (Wildman–Crippen LogP) is 5.31. The largest absolute Gasteiger partial charge is 0.493 e. The number of ether oxygens (including phenoxy) is 2. The molecule has 1 saturated heterocycles. The number of nitrogens with zero attached hydrogens (tertiary/aromatic N) is 2. The molecule has 2 unspecified atom stereocenters. The summed E-state index contributed by atoms with van der Waals surface area (Å²) in [6.45, 7) is 7.81. The van der Waals surface area contributed by atoms with Crippen molar-refractivity contribution in [2.45, 2.75) is 45.4 Å². The molecule has 1 fully saturated rings. The van der Waals surface area contributed by atoms with Crippen LogP contribution in [0.2, 0.25) is 5.02 Å². The number of hydrogen-bond donors (Lipinski definition) is 1. The normalized spacial score (nSPS) is 18.3. The Bertz CT molecular complexity index is 1360. The highest BCUT2D eigenvalue weighted by atomic mass is 35.5. The molecule has 0 spiro atoms. The molecule has 0 radical (unpaired) electrons. The number of carbonyl (C=O) groups excluding carboxylic acids is 2. The number of piperazine rings is 1. The molecule has 0 saturated carbocycles. The Kier molecular flexibility index (Phi) is 7.82. The molecule has 0 bridgehead atoms. The number of carbonyl (C=O) groups is 2. The van der Waals surface area contributed by atoms with Crippen LogP contribution >= 0.6 is 11.6 Å². The molecule has 2 aliphatic heterocycles. The molecule has 1 N–H and O–H groups in total. The number of anilines is 1. The number of nitrogens with one attached hydrogen (secondary N) is 1. The van der Waals surface area contributed by atoms with E-state index in [0.29, 0.717) is 29.6 Å².